The van der Waals surface area contributed by atoms with Crippen molar-refractivity contribution in [3.8, 4) is 5.69 Å². The zero-order valence-corrected chi connectivity index (χ0v) is 14.4. The second kappa shape index (κ2) is 6.24. The Bertz CT molecular complexity index is 763. The molecule has 0 bridgehead atoms. The van der Waals surface area contributed by atoms with Gasteiger partial charge in [0.05, 0.1) is 5.69 Å². The molecule has 2 rings (SSSR count). The normalized spacial score (nSPS) is 11.9. The fraction of sp³-hybridized carbons (Fsp3) is 0.400. The topological polar surface area (TPSA) is 62.5 Å². The number of aromatic nitrogens is 2. The van der Waals surface area contributed by atoms with Gasteiger partial charge in [0.2, 0.25) is 0 Å². The van der Waals surface area contributed by atoms with Crippen molar-refractivity contribution in [3.63, 3.8) is 0 Å². The molecular formula is C15H21N2O4P. The van der Waals surface area contributed by atoms with Crippen molar-refractivity contribution in [2.45, 2.75) is 27.3 Å². The fourth-order valence-corrected chi connectivity index (χ4v) is 3.66. The molecule has 0 fully saturated rings. The van der Waals surface area contributed by atoms with Gasteiger partial charge in [-0.3, -0.25) is 14.0 Å². The summed E-state index contributed by atoms with van der Waals surface area (Å²) in [4.78, 5) is 12.7. The van der Waals surface area contributed by atoms with E-state index < -0.39 is 7.60 Å². The van der Waals surface area contributed by atoms with Crippen LogP contribution in [0, 0.1) is 13.8 Å². The summed E-state index contributed by atoms with van der Waals surface area (Å²) in [5.41, 5.74) is 2.44. The van der Waals surface area contributed by atoms with Crippen LogP contribution in [0.2, 0.25) is 0 Å². The van der Waals surface area contributed by atoms with Crippen LogP contribution < -0.4 is 10.9 Å². The second-order valence-electron chi connectivity index (χ2n) is 5.10. The van der Waals surface area contributed by atoms with E-state index in [0.717, 1.165) is 16.8 Å². The van der Waals surface area contributed by atoms with E-state index in [1.165, 1.54) is 25.1 Å². The first-order valence-corrected chi connectivity index (χ1v) is 8.53. The number of aryl methyl sites for hydroxylation is 3. The van der Waals surface area contributed by atoms with Gasteiger partial charge in [0.1, 0.15) is 5.30 Å². The second-order valence-corrected chi connectivity index (χ2v) is 7.30. The van der Waals surface area contributed by atoms with E-state index >= 15 is 0 Å². The Morgan fingerprint density at radius 1 is 1.09 bits per heavy atom. The summed E-state index contributed by atoms with van der Waals surface area (Å²) >= 11 is 0. The predicted octanol–water partition coefficient (Wildman–Crippen LogP) is 2.39. The quantitative estimate of drug-likeness (QED) is 0.792. The molecule has 0 spiro atoms. The van der Waals surface area contributed by atoms with E-state index in [-0.39, 0.29) is 10.9 Å². The molecule has 1 heterocycles. The maximum absolute atomic E-state index is 12.7. The third-order valence-electron chi connectivity index (χ3n) is 3.49. The molecule has 1 aromatic carbocycles. The molecule has 1 aromatic heterocycles. The molecular weight excluding hydrogens is 303 g/mol. The molecule has 22 heavy (non-hydrogen) atoms. The zero-order valence-electron chi connectivity index (χ0n) is 13.5. The van der Waals surface area contributed by atoms with Gasteiger partial charge in [-0.1, -0.05) is 6.07 Å². The van der Waals surface area contributed by atoms with Gasteiger partial charge in [-0.15, -0.1) is 0 Å². The van der Waals surface area contributed by atoms with Crippen molar-refractivity contribution in [1.29, 1.82) is 0 Å². The zero-order chi connectivity index (χ0) is 16.5. The van der Waals surface area contributed by atoms with Crippen LogP contribution in [0.15, 0.2) is 29.2 Å². The lowest BCUT2D eigenvalue weighted by molar-refractivity contribution is 0.287. The molecule has 0 unspecified atom stereocenters. The molecule has 0 aliphatic heterocycles. The number of nitrogens with zero attached hydrogens (tertiary/aromatic N) is 2. The highest BCUT2D eigenvalue weighted by atomic mass is 31.2. The Balaban J connectivity index is 2.75. The van der Waals surface area contributed by atoms with Crippen LogP contribution in [0.1, 0.15) is 18.1 Å². The van der Waals surface area contributed by atoms with Crippen molar-refractivity contribution in [3.05, 3.63) is 45.9 Å². The van der Waals surface area contributed by atoms with Gasteiger partial charge in [-0.2, -0.15) is 0 Å². The summed E-state index contributed by atoms with van der Waals surface area (Å²) < 4.78 is 25.7. The first-order valence-electron chi connectivity index (χ1n) is 6.99. The van der Waals surface area contributed by atoms with Crippen molar-refractivity contribution in [2.24, 2.45) is 0 Å². The first kappa shape index (κ1) is 16.7. The van der Waals surface area contributed by atoms with Gasteiger partial charge in [0.15, 0.2) is 0 Å². The molecule has 0 saturated carbocycles. The van der Waals surface area contributed by atoms with Gasteiger partial charge in [0, 0.05) is 27.0 Å². The molecule has 0 aliphatic carbocycles. The number of hydrogen-bond acceptors (Lipinski definition) is 4. The molecule has 7 heteroatoms. The Kier molecular flexibility index (Phi) is 4.75. The lowest BCUT2D eigenvalue weighted by atomic mass is 10.1. The average Bonchev–Trinajstić information content (AvgIpc) is 2.82. The Morgan fingerprint density at radius 3 is 2.09 bits per heavy atom. The lowest BCUT2D eigenvalue weighted by Gasteiger charge is -2.11. The van der Waals surface area contributed by atoms with E-state index in [4.69, 9.17) is 9.05 Å². The molecule has 0 saturated heterocycles. The van der Waals surface area contributed by atoms with Crippen molar-refractivity contribution in [1.82, 2.24) is 9.36 Å². The van der Waals surface area contributed by atoms with E-state index in [1.807, 2.05) is 39.0 Å². The van der Waals surface area contributed by atoms with Gasteiger partial charge in [-0.25, -0.2) is 4.68 Å². The van der Waals surface area contributed by atoms with E-state index in [0.29, 0.717) is 6.54 Å². The summed E-state index contributed by atoms with van der Waals surface area (Å²) in [5, 5.41) is 0.0403. The number of rotatable bonds is 5. The smallest absolute Gasteiger partial charge is 0.308 e. The van der Waals surface area contributed by atoms with Crippen LogP contribution in [0.5, 0.6) is 0 Å². The Labute approximate surface area is 129 Å². The Morgan fingerprint density at radius 2 is 1.64 bits per heavy atom. The van der Waals surface area contributed by atoms with Crippen LogP contribution in [-0.2, 0) is 20.2 Å². The number of hydrogen-bond donors (Lipinski definition) is 0. The van der Waals surface area contributed by atoms with Gasteiger partial charge in [0.25, 0.3) is 5.56 Å². The van der Waals surface area contributed by atoms with Crippen molar-refractivity contribution < 1.29 is 13.6 Å². The van der Waals surface area contributed by atoms with E-state index in [2.05, 4.69) is 0 Å². The molecule has 2 aromatic rings. The molecule has 0 amide bonds. The lowest BCUT2D eigenvalue weighted by Crippen LogP contribution is -2.29. The third kappa shape index (κ3) is 2.82. The highest BCUT2D eigenvalue weighted by Crippen LogP contribution is 2.43. The summed E-state index contributed by atoms with van der Waals surface area (Å²) in [6.07, 6.45) is 1.54. The maximum atomic E-state index is 12.7. The molecule has 0 radical (unpaired) electrons. The minimum absolute atomic E-state index is 0.0403. The first-order chi connectivity index (χ1) is 10.4. The van der Waals surface area contributed by atoms with Crippen LogP contribution in [-0.4, -0.2) is 23.6 Å². The van der Waals surface area contributed by atoms with Gasteiger partial charge in [-0.05, 0) is 44.0 Å². The van der Waals surface area contributed by atoms with E-state index in [9.17, 15) is 9.36 Å². The predicted molar refractivity (Wildman–Crippen MR) is 86.4 cm³/mol. The highest BCUT2D eigenvalue weighted by Gasteiger charge is 2.31. The molecule has 0 atom stereocenters. The SMILES string of the molecule is CCn1cc(P(=O)(OC)OC)c(=O)n1-c1cc(C)cc(C)c1. The van der Waals surface area contributed by atoms with Gasteiger partial charge >= 0.3 is 7.60 Å². The molecule has 0 N–H and O–H groups in total. The summed E-state index contributed by atoms with van der Waals surface area (Å²) in [6, 6.07) is 5.85. The largest absolute Gasteiger partial charge is 0.368 e. The van der Waals surface area contributed by atoms with E-state index in [1.54, 1.807) is 4.68 Å². The van der Waals surface area contributed by atoms with Crippen molar-refractivity contribution >= 4 is 12.9 Å². The summed E-state index contributed by atoms with van der Waals surface area (Å²) in [6.45, 7) is 6.40. The van der Waals surface area contributed by atoms with Crippen LogP contribution in [0.4, 0.5) is 0 Å². The van der Waals surface area contributed by atoms with Gasteiger partial charge < -0.3 is 9.05 Å². The number of benzene rings is 1. The monoisotopic (exact) mass is 324 g/mol. The molecule has 120 valence electrons. The van der Waals surface area contributed by atoms with Crippen molar-refractivity contribution in [2.75, 3.05) is 14.2 Å². The Hall–Kier alpha value is -1.62. The summed E-state index contributed by atoms with van der Waals surface area (Å²) in [5.74, 6) is 0. The molecule has 6 nitrogen and oxygen atoms in total. The molecule has 0 aliphatic rings. The van der Waals surface area contributed by atoms with Crippen LogP contribution in [0.3, 0.4) is 0 Å². The van der Waals surface area contributed by atoms with Crippen LogP contribution in [0.25, 0.3) is 5.69 Å². The highest BCUT2D eigenvalue weighted by molar-refractivity contribution is 7.62. The fourth-order valence-electron chi connectivity index (χ4n) is 2.51. The standard InChI is InChI=1S/C15H21N2O4P/c1-6-16-10-14(22(19,20-4)21-5)15(18)17(16)13-8-11(2)7-12(3)9-13/h7-10H,6H2,1-5H3. The summed E-state index contributed by atoms with van der Waals surface area (Å²) in [7, 11) is -1.04. The average molecular weight is 324 g/mol. The minimum Gasteiger partial charge on any atom is -0.308 e. The van der Waals surface area contributed by atoms with Crippen LogP contribution >= 0.6 is 7.60 Å². The third-order valence-corrected chi connectivity index (χ3v) is 5.35. The minimum atomic E-state index is -3.59. The maximum Gasteiger partial charge on any atom is 0.368 e.